The van der Waals surface area contributed by atoms with Crippen LogP contribution < -0.4 is 0 Å². The van der Waals surface area contributed by atoms with Crippen LogP contribution in [0.1, 0.15) is 30.9 Å². The molecule has 0 radical (unpaired) electrons. The van der Waals surface area contributed by atoms with Crippen LogP contribution in [-0.4, -0.2) is 21.6 Å². The smallest absolute Gasteiger partial charge is 0.0792 e. The highest BCUT2D eigenvalue weighted by atomic mass is 32.2. The van der Waals surface area contributed by atoms with Crippen molar-refractivity contribution in [1.82, 2.24) is 4.98 Å². The first-order valence-electron chi connectivity index (χ1n) is 6.93. The van der Waals surface area contributed by atoms with Gasteiger partial charge in [-0.1, -0.05) is 12.1 Å². The van der Waals surface area contributed by atoms with E-state index in [9.17, 15) is 5.11 Å². The lowest BCUT2D eigenvalue weighted by Gasteiger charge is -2.24. The SMILES string of the molecule is OC(CC1CCSCC1)c1ccc2ncccc2c1. The fourth-order valence-electron chi connectivity index (χ4n) is 2.74. The van der Waals surface area contributed by atoms with Gasteiger partial charge in [0.2, 0.25) is 0 Å². The van der Waals surface area contributed by atoms with E-state index in [0.29, 0.717) is 5.92 Å². The number of hydrogen-bond donors (Lipinski definition) is 1. The summed E-state index contributed by atoms with van der Waals surface area (Å²) in [7, 11) is 0. The van der Waals surface area contributed by atoms with E-state index in [0.717, 1.165) is 22.9 Å². The lowest BCUT2D eigenvalue weighted by atomic mass is 9.92. The first kappa shape index (κ1) is 12.9. The van der Waals surface area contributed by atoms with Crippen molar-refractivity contribution in [3.63, 3.8) is 0 Å². The predicted octanol–water partition coefficient (Wildman–Crippen LogP) is 3.80. The zero-order valence-electron chi connectivity index (χ0n) is 11.0. The molecule has 2 aromatic rings. The Balaban J connectivity index is 1.75. The Bertz CT molecular complexity index is 551. The van der Waals surface area contributed by atoms with E-state index >= 15 is 0 Å². The van der Waals surface area contributed by atoms with Crippen LogP contribution in [-0.2, 0) is 0 Å². The molecule has 0 bridgehead atoms. The maximum atomic E-state index is 10.4. The van der Waals surface area contributed by atoms with E-state index in [1.165, 1.54) is 24.3 Å². The number of fused-ring (bicyclic) bond motifs is 1. The zero-order valence-corrected chi connectivity index (χ0v) is 11.8. The normalized spacial score (nSPS) is 18.6. The standard InChI is InChI=1S/C16H19NOS/c18-16(10-12-5-8-19-9-6-12)14-3-4-15-13(11-14)2-1-7-17-15/h1-4,7,11-12,16,18H,5-6,8-10H2. The van der Waals surface area contributed by atoms with Gasteiger partial charge in [0, 0.05) is 11.6 Å². The van der Waals surface area contributed by atoms with Crippen molar-refractivity contribution in [3.8, 4) is 0 Å². The van der Waals surface area contributed by atoms with Gasteiger partial charge in [0.05, 0.1) is 11.6 Å². The molecule has 1 atom stereocenters. The van der Waals surface area contributed by atoms with Crippen LogP contribution in [0.4, 0.5) is 0 Å². The average Bonchev–Trinajstić information content (AvgIpc) is 2.48. The lowest BCUT2D eigenvalue weighted by Crippen LogP contribution is -2.13. The van der Waals surface area contributed by atoms with Crippen LogP contribution in [0.2, 0.25) is 0 Å². The molecular formula is C16H19NOS. The molecule has 1 N–H and O–H groups in total. The Morgan fingerprint density at radius 3 is 2.95 bits per heavy atom. The monoisotopic (exact) mass is 273 g/mol. The first-order chi connectivity index (χ1) is 9.33. The van der Waals surface area contributed by atoms with E-state index in [4.69, 9.17) is 0 Å². The van der Waals surface area contributed by atoms with E-state index in [-0.39, 0.29) is 6.10 Å². The first-order valence-corrected chi connectivity index (χ1v) is 8.09. The molecular weight excluding hydrogens is 254 g/mol. The third kappa shape index (κ3) is 3.10. The summed E-state index contributed by atoms with van der Waals surface area (Å²) in [6.07, 6.45) is 4.86. The van der Waals surface area contributed by atoms with E-state index in [1.807, 2.05) is 30.0 Å². The molecule has 3 heteroatoms. The summed E-state index contributed by atoms with van der Waals surface area (Å²) in [5.74, 6) is 3.18. The summed E-state index contributed by atoms with van der Waals surface area (Å²) in [6, 6.07) is 10.1. The molecule has 1 saturated heterocycles. The molecule has 2 nitrogen and oxygen atoms in total. The van der Waals surface area contributed by atoms with Crippen LogP contribution in [0, 0.1) is 5.92 Å². The second-order valence-corrected chi connectivity index (χ2v) is 6.49. The van der Waals surface area contributed by atoms with E-state index in [2.05, 4.69) is 17.1 Å². The number of benzene rings is 1. The average molecular weight is 273 g/mol. The van der Waals surface area contributed by atoms with Crippen molar-refractivity contribution >= 4 is 22.7 Å². The number of pyridine rings is 1. The van der Waals surface area contributed by atoms with Gasteiger partial charge in [-0.25, -0.2) is 0 Å². The summed E-state index contributed by atoms with van der Waals surface area (Å²) in [5, 5.41) is 11.5. The molecule has 1 aromatic heterocycles. The Kier molecular flexibility index (Phi) is 4.04. The molecule has 1 aliphatic rings. The quantitative estimate of drug-likeness (QED) is 0.923. The number of thioether (sulfide) groups is 1. The molecule has 100 valence electrons. The Labute approximate surface area is 118 Å². The lowest BCUT2D eigenvalue weighted by molar-refractivity contribution is 0.141. The van der Waals surface area contributed by atoms with Crippen LogP contribution in [0.15, 0.2) is 36.5 Å². The highest BCUT2D eigenvalue weighted by molar-refractivity contribution is 7.99. The molecule has 1 unspecified atom stereocenters. The number of aliphatic hydroxyl groups excluding tert-OH is 1. The molecule has 2 heterocycles. The fraction of sp³-hybridized carbons (Fsp3) is 0.438. The van der Waals surface area contributed by atoms with Crippen LogP contribution in [0.5, 0.6) is 0 Å². The maximum absolute atomic E-state index is 10.4. The number of rotatable bonds is 3. The zero-order chi connectivity index (χ0) is 13.1. The van der Waals surface area contributed by atoms with Crippen LogP contribution in [0.25, 0.3) is 10.9 Å². The Morgan fingerprint density at radius 1 is 1.26 bits per heavy atom. The molecule has 0 saturated carbocycles. The molecule has 19 heavy (non-hydrogen) atoms. The second kappa shape index (κ2) is 5.93. The molecule has 1 aliphatic heterocycles. The van der Waals surface area contributed by atoms with Crippen LogP contribution in [0.3, 0.4) is 0 Å². The van der Waals surface area contributed by atoms with Crippen molar-refractivity contribution in [1.29, 1.82) is 0 Å². The molecule has 1 aromatic carbocycles. The van der Waals surface area contributed by atoms with Crippen molar-refractivity contribution in [2.75, 3.05) is 11.5 Å². The predicted molar refractivity (Wildman–Crippen MR) is 81.4 cm³/mol. The van der Waals surface area contributed by atoms with Gasteiger partial charge in [-0.3, -0.25) is 4.98 Å². The molecule has 0 spiro atoms. The van der Waals surface area contributed by atoms with Gasteiger partial charge in [0.15, 0.2) is 0 Å². The molecule has 1 fully saturated rings. The summed E-state index contributed by atoms with van der Waals surface area (Å²) >= 11 is 2.03. The summed E-state index contributed by atoms with van der Waals surface area (Å²) < 4.78 is 0. The largest absolute Gasteiger partial charge is 0.388 e. The van der Waals surface area contributed by atoms with Gasteiger partial charge < -0.3 is 5.11 Å². The van der Waals surface area contributed by atoms with Gasteiger partial charge in [0.25, 0.3) is 0 Å². The highest BCUT2D eigenvalue weighted by Crippen LogP contribution is 2.31. The summed E-state index contributed by atoms with van der Waals surface area (Å²) in [4.78, 5) is 4.31. The van der Waals surface area contributed by atoms with Crippen molar-refractivity contribution < 1.29 is 5.11 Å². The number of hydrogen-bond acceptors (Lipinski definition) is 3. The Hall–Kier alpha value is -1.06. The number of nitrogens with zero attached hydrogens (tertiary/aromatic N) is 1. The second-order valence-electron chi connectivity index (χ2n) is 5.26. The summed E-state index contributed by atoms with van der Waals surface area (Å²) in [5.41, 5.74) is 2.02. The molecule has 3 rings (SSSR count). The minimum atomic E-state index is -0.335. The van der Waals surface area contributed by atoms with Crippen molar-refractivity contribution in [2.45, 2.75) is 25.4 Å². The third-order valence-electron chi connectivity index (χ3n) is 3.91. The fourth-order valence-corrected chi connectivity index (χ4v) is 3.94. The van der Waals surface area contributed by atoms with Crippen LogP contribution >= 0.6 is 11.8 Å². The van der Waals surface area contributed by atoms with Crippen molar-refractivity contribution in [3.05, 3.63) is 42.1 Å². The van der Waals surface area contributed by atoms with Gasteiger partial charge in [-0.2, -0.15) is 11.8 Å². The minimum absolute atomic E-state index is 0.335. The Morgan fingerprint density at radius 2 is 2.11 bits per heavy atom. The number of aromatic nitrogens is 1. The topological polar surface area (TPSA) is 33.1 Å². The van der Waals surface area contributed by atoms with E-state index < -0.39 is 0 Å². The summed E-state index contributed by atoms with van der Waals surface area (Å²) in [6.45, 7) is 0. The maximum Gasteiger partial charge on any atom is 0.0792 e. The van der Waals surface area contributed by atoms with Gasteiger partial charge in [-0.05, 0) is 60.4 Å². The van der Waals surface area contributed by atoms with Crippen molar-refractivity contribution in [2.24, 2.45) is 5.92 Å². The van der Waals surface area contributed by atoms with E-state index in [1.54, 1.807) is 6.20 Å². The van der Waals surface area contributed by atoms with Gasteiger partial charge in [-0.15, -0.1) is 0 Å². The molecule has 0 aliphatic carbocycles. The minimum Gasteiger partial charge on any atom is -0.388 e. The third-order valence-corrected chi connectivity index (χ3v) is 4.96. The van der Waals surface area contributed by atoms with Gasteiger partial charge in [0.1, 0.15) is 0 Å². The molecule has 0 amide bonds. The number of aliphatic hydroxyl groups is 1. The van der Waals surface area contributed by atoms with Gasteiger partial charge >= 0.3 is 0 Å². The highest BCUT2D eigenvalue weighted by Gasteiger charge is 2.18.